The van der Waals surface area contributed by atoms with E-state index in [0.29, 0.717) is 19.4 Å². The van der Waals surface area contributed by atoms with E-state index < -0.39 is 54.9 Å². The van der Waals surface area contributed by atoms with Crippen LogP contribution in [-0.4, -0.2) is 100 Å². The van der Waals surface area contributed by atoms with Crippen LogP contribution in [0.3, 0.4) is 0 Å². The lowest BCUT2D eigenvalue weighted by Crippen LogP contribution is -2.69. The highest BCUT2D eigenvalue weighted by Gasteiger charge is 2.66. The third kappa shape index (κ3) is 11.9. The molecule has 0 radical (unpaired) electrons. The van der Waals surface area contributed by atoms with Crippen LogP contribution >= 0.6 is 0 Å². The van der Waals surface area contributed by atoms with Gasteiger partial charge in [-0.25, -0.2) is 0 Å². The van der Waals surface area contributed by atoms with Gasteiger partial charge in [0.25, 0.3) is 0 Å². The molecule has 0 aromatic carbocycles. The SMILES string of the molecule is CCCCOC(OCC)(OCC)C(OCC)(OC(=O)CCC(=O)O)OC(C)C(OCC)(OCC)C(OCC)OCCC. The second-order valence-electron chi connectivity index (χ2n) is 8.99. The minimum atomic E-state index is -2.50. The molecule has 0 aliphatic rings. The van der Waals surface area contributed by atoms with Crippen molar-refractivity contribution in [2.75, 3.05) is 52.9 Å². The molecule has 0 fully saturated rings. The number of ether oxygens (including phenoxy) is 10. The predicted molar refractivity (Wildman–Crippen MR) is 152 cm³/mol. The van der Waals surface area contributed by atoms with Crippen LogP contribution in [0.1, 0.15) is 94.4 Å². The molecule has 3 atom stereocenters. The Kier molecular flexibility index (Phi) is 21.4. The molecule has 0 rings (SSSR count). The quantitative estimate of drug-likeness (QED) is 0.0747. The fourth-order valence-electron chi connectivity index (χ4n) is 4.06. The van der Waals surface area contributed by atoms with Crippen molar-refractivity contribution >= 4 is 11.9 Å². The standard InChI is InChI=1S/C29H56O13/c1-10-18-22-40-28(37-15-6,38-16-7)29(39-17-8,42-25(32)20-19-24(30)31)41-23(9)27(35-13-4,36-14-5)26(33-12-3)34-21-11-2/h23,26H,10-22H2,1-9H3,(H,30,31). The van der Waals surface area contributed by atoms with E-state index in [9.17, 15) is 14.7 Å². The molecule has 3 unspecified atom stereocenters. The lowest BCUT2D eigenvalue weighted by atomic mass is 10.1. The molecule has 1 N–H and O–H groups in total. The van der Waals surface area contributed by atoms with Gasteiger partial charge < -0.3 is 52.5 Å². The van der Waals surface area contributed by atoms with Gasteiger partial charge in [0, 0.05) is 39.6 Å². The average Bonchev–Trinajstić information content (AvgIpc) is 2.94. The van der Waals surface area contributed by atoms with Gasteiger partial charge in [0.05, 0.1) is 26.1 Å². The molecule has 0 aliphatic carbocycles. The van der Waals surface area contributed by atoms with Crippen molar-refractivity contribution < 1.29 is 62.1 Å². The van der Waals surface area contributed by atoms with Gasteiger partial charge in [-0.05, 0) is 61.3 Å². The van der Waals surface area contributed by atoms with Crippen LogP contribution in [-0.2, 0) is 57.0 Å². The number of aliphatic carboxylic acids is 1. The number of unbranched alkanes of at least 4 members (excludes halogenated alkanes) is 1. The molecule has 0 saturated carbocycles. The van der Waals surface area contributed by atoms with Crippen LogP contribution in [0.5, 0.6) is 0 Å². The summed E-state index contributed by atoms with van der Waals surface area (Å²) in [5.74, 6) is -8.52. The van der Waals surface area contributed by atoms with Crippen LogP contribution in [0.4, 0.5) is 0 Å². The number of hydrogen-bond donors (Lipinski definition) is 1. The molecule has 0 aromatic heterocycles. The van der Waals surface area contributed by atoms with Crippen molar-refractivity contribution in [1.82, 2.24) is 0 Å². The second-order valence-corrected chi connectivity index (χ2v) is 8.99. The highest BCUT2D eigenvalue weighted by atomic mass is 17.0. The molecule has 13 heteroatoms. The Hall–Kier alpha value is -1.42. The van der Waals surface area contributed by atoms with Gasteiger partial charge in [-0.2, -0.15) is 0 Å². The topological polar surface area (TPSA) is 147 Å². The molecule has 0 spiro atoms. The zero-order chi connectivity index (χ0) is 32.1. The third-order valence-corrected chi connectivity index (χ3v) is 5.72. The van der Waals surface area contributed by atoms with Crippen molar-refractivity contribution in [2.24, 2.45) is 0 Å². The van der Waals surface area contributed by atoms with Gasteiger partial charge in [-0.15, -0.1) is 0 Å². The molecule has 13 nitrogen and oxygen atoms in total. The van der Waals surface area contributed by atoms with E-state index in [4.69, 9.17) is 47.4 Å². The highest BCUT2D eigenvalue weighted by Crippen LogP contribution is 2.41. The fourth-order valence-corrected chi connectivity index (χ4v) is 4.06. The van der Waals surface area contributed by atoms with Crippen molar-refractivity contribution in [3.8, 4) is 0 Å². The number of carbonyl (C=O) groups excluding carboxylic acids is 1. The Morgan fingerprint density at radius 1 is 0.643 bits per heavy atom. The lowest BCUT2D eigenvalue weighted by molar-refractivity contribution is -0.564. The second kappa shape index (κ2) is 22.1. The van der Waals surface area contributed by atoms with Crippen molar-refractivity contribution in [2.45, 2.75) is 125 Å². The van der Waals surface area contributed by atoms with Gasteiger partial charge >= 0.3 is 23.9 Å². The third-order valence-electron chi connectivity index (χ3n) is 5.72. The smallest absolute Gasteiger partial charge is 0.417 e. The summed E-state index contributed by atoms with van der Waals surface area (Å²) in [5, 5.41) is 9.18. The molecule has 0 amide bonds. The summed E-state index contributed by atoms with van der Waals surface area (Å²) in [7, 11) is 0. The number of carboxylic acid groups (broad SMARTS) is 1. The van der Waals surface area contributed by atoms with Gasteiger partial charge in [-0.1, -0.05) is 20.3 Å². The predicted octanol–water partition coefficient (Wildman–Crippen LogP) is 4.59. The monoisotopic (exact) mass is 612 g/mol. The number of rotatable bonds is 28. The molecule has 0 aliphatic heterocycles. The van der Waals surface area contributed by atoms with Crippen molar-refractivity contribution in [1.29, 1.82) is 0 Å². The Morgan fingerprint density at radius 3 is 1.64 bits per heavy atom. The van der Waals surface area contributed by atoms with Gasteiger partial charge in [0.15, 0.2) is 0 Å². The summed E-state index contributed by atoms with van der Waals surface area (Å²) in [6.45, 7) is 17.2. The van der Waals surface area contributed by atoms with E-state index >= 15 is 0 Å². The Morgan fingerprint density at radius 2 is 1.19 bits per heavy atom. The molecule has 0 saturated heterocycles. The summed E-state index contributed by atoms with van der Waals surface area (Å²) in [6, 6.07) is 0. The van der Waals surface area contributed by atoms with Crippen LogP contribution in [0.25, 0.3) is 0 Å². The van der Waals surface area contributed by atoms with Crippen molar-refractivity contribution in [3.63, 3.8) is 0 Å². The number of carbonyl (C=O) groups is 2. The molecule has 0 bridgehead atoms. The van der Waals surface area contributed by atoms with Crippen LogP contribution in [0, 0.1) is 0 Å². The van der Waals surface area contributed by atoms with Gasteiger partial charge in [0.1, 0.15) is 6.10 Å². The summed E-state index contributed by atoms with van der Waals surface area (Å²) in [6.07, 6.45) is -1.06. The molecule has 250 valence electrons. The Bertz CT molecular complexity index is 708. The van der Waals surface area contributed by atoms with E-state index in [1.54, 1.807) is 41.5 Å². The summed E-state index contributed by atoms with van der Waals surface area (Å²) in [5.41, 5.74) is 0. The normalized spacial score (nSPS) is 15.3. The van der Waals surface area contributed by atoms with E-state index in [-0.39, 0.29) is 46.2 Å². The lowest BCUT2D eigenvalue weighted by Gasteiger charge is -2.49. The number of esters is 1. The summed E-state index contributed by atoms with van der Waals surface area (Å²) >= 11 is 0. The molecule has 42 heavy (non-hydrogen) atoms. The maximum Gasteiger partial charge on any atom is 0.417 e. The molecular weight excluding hydrogens is 556 g/mol. The minimum Gasteiger partial charge on any atom is -0.481 e. The largest absolute Gasteiger partial charge is 0.481 e. The average molecular weight is 613 g/mol. The van der Waals surface area contributed by atoms with Gasteiger partial charge in [-0.3, -0.25) is 9.59 Å². The fraction of sp³-hybridized carbons (Fsp3) is 0.931. The minimum absolute atomic E-state index is 0.0462. The van der Waals surface area contributed by atoms with E-state index in [1.165, 1.54) is 0 Å². The first-order valence-corrected chi connectivity index (χ1v) is 15.3. The first-order valence-electron chi connectivity index (χ1n) is 15.3. The summed E-state index contributed by atoms with van der Waals surface area (Å²) in [4.78, 5) is 24.4. The number of hydrogen-bond acceptors (Lipinski definition) is 12. The van der Waals surface area contributed by atoms with E-state index in [1.807, 2.05) is 20.8 Å². The maximum atomic E-state index is 13.2. The molecule has 0 heterocycles. The Labute approximate surface area is 251 Å². The Balaban J connectivity index is 7.26. The zero-order valence-electron chi connectivity index (χ0n) is 27.2. The van der Waals surface area contributed by atoms with E-state index in [2.05, 4.69) is 0 Å². The zero-order valence-corrected chi connectivity index (χ0v) is 27.2. The van der Waals surface area contributed by atoms with Crippen LogP contribution in [0.2, 0.25) is 0 Å². The summed E-state index contributed by atoms with van der Waals surface area (Å²) < 4.78 is 61.1. The number of carboxylic acids is 1. The maximum absolute atomic E-state index is 13.2. The molecule has 0 aromatic rings. The van der Waals surface area contributed by atoms with E-state index in [0.717, 1.165) is 6.42 Å². The highest BCUT2D eigenvalue weighted by molar-refractivity contribution is 5.76. The van der Waals surface area contributed by atoms with Crippen molar-refractivity contribution in [3.05, 3.63) is 0 Å². The van der Waals surface area contributed by atoms with Gasteiger partial charge in [0.2, 0.25) is 12.1 Å². The first kappa shape index (κ1) is 40.6. The van der Waals surface area contributed by atoms with Crippen LogP contribution < -0.4 is 0 Å². The first-order chi connectivity index (χ1) is 20.1. The molecular formula is C29H56O13. The van der Waals surface area contributed by atoms with Crippen LogP contribution in [0.15, 0.2) is 0 Å².